The average molecular weight is 337 g/mol. The van der Waals surface area contributed by atoms with E-state index in [-0.39, 0.29) is 11.3 Å². The van der Waals surface area contributed by atoms with E-state index in [0.717, 1.165) is 5.56 Å². The summed E-state index contributed by atoms with van der Waals surface area (Å²) in [5.41, 5.74) is 1.02. The Bertz CT molecular complexity index is 710. The summed E-state index contributed by atoms with van der Waals surface area (Å²) in [4.78, 5) is 12.2. The number of aryl methyl sites for hydroxylation is 1. The van der Waals surface area contributed by atoms with Crippen molar-refractivity contribution in [1.29, 1.82) is 0 Å². The molecule has 5 nitrogen and oxygen atoms in total. The second-order valence-corrected chi connectivity index (χ2v) is 7.62. The van der Waals surface area contributed by atoms with Crippen LogP contribution in [0.25, 0.3) is 0 Å². The number of amides is 1. The fourth-order valence-corrected chi connectivity index (χ4v) is 2.41. The van der Waals surface area contributed by atoms with Crippen molar-refractivity contribution < 1.29 is 13.6 Å². The Hall–Kier alpha value is -1.89. The molecule has 23 heavy (non-hydrogen) atoms. The Labute approximate surface area is 139 Å². The Morgan fingerprint density at radius 2 is 2.04 bits per heavy atom. The molecule has 0 spiro atoms. The average Bonchev–Trinajstić information content (AvgIpc) is 2.91. The number of hydrogen-bond donors (Lipinski definition) is 1. The summed E-state index contributed by atoms with van der Waals surface area (Å²) >= 11 is 1.17. The maximum atomic E-state index is 13.3. The molecular weight excluding hydrogens is 317 g/mol. The van der Waals surface area contributed by atoms with E-state index in [1.807, 2.05) is 20.8 Å². The lowest BCUT2D eigenvalue weighted by molar-refractivity contribution is -0.115. The van der Waals surface area contributed by atoms with Gasteiger partial charge in [-0.1, -0.05) is 38.6 Å². The second kappa shape index (κ2) is 6.70. The van der Waals surface area contributed by atoms with Crippen LogP contribution in [0, 0.1) is 12.7 Å². The van der Waals surface area contributed by atoms with E-state index in [1.54, 1.807) is 19.9 Å². The van der Waals surface area contributed by atoms with Gasteiger partial charge in [-0.05, 0) is 31.5 Å². The van der Waals surface area contributed by atoms with Gasteiger partial charge in [0.2, 0.25) is 11.8 Å². The maximum absolute atomic E-state index is 13.3. The minimum Gasteiger partial charge on any atom is -0.415 e. The fourth-order valence-electron chi connectivity index (χ4n) is 1.73. The molecule has 1 amide bonds. The van der Waals surface area contributed by atoms with Crippen molar-refractivity contribution >= 4 is 23.4 Å². The monoisotopic (exact) mass is 337 g/mol. The molecule has 0 aliphatic heterocycles. The fraction of sp³-hybridized carbons (Fsp3) is 0.438. The van der Waals surface area contributed by atoms with Gasteiger partial charge in [-0.3, -0.25) is 4.79 Å². The first-order valence-electron chi connectivity index (χ1n) is 7.24. The molecule has 0 saturated heterocycles. The number of thioether (sulfide) groups is 1. The number of rotatable bonds is 4. The van der Waals surface area contributed by atoms with Crippen LogP contribution in [0.1, 0.15) is 39.1 Å². The number of nitrogens with zero attached hydrogens (tertiary/aromatic N) is 2. The Morgan fingerprint density at radius 1 is 1.35 bits per heavy atom. The number of hydrogen-bond acceptors (Lipinski definition) is 5. The highest BCUT2D eigenvalue weighted by molar-refractivity contribution is 8.00. The van der Waals surface area contributed by atoms with E-state index in [2.05, 4.69) is 15.5 Å². The van der Waals surface area contributed by atoms with Crippen LogP contribution in [0.3, 0.4) is 0 Å². The number of carbonyl (C=O) groups excluding carboxylic acids is 1. The normalized spacial score (nSPS) is 13.0. The van der Waals surface area contributed by atoms with Gasteiger partial charge in [0.25, 0.3) is 5.22 Å². The third-order valence-corrected chi connectivity index (χ3v) is 4.09. The number of benzene rings is 1. The van der Waals surface area contributed by atoms with E-state index in [9.17, 15) is 9.18 Å². The first-order chi connectivity index (χ1) is 10.7. The summed E-state index contributed by atoms with van der Waals surface area (Å²) in [6.07, 6.45) is 0. The van der Waals surface area contributed by atoms with Gasteiger partial charge in [-0.2, -0.15) is 0 Å². The van der Waals surface area contributed by atoms with Crippen LogP contribution in [-0.2, 0) is 10.2 Å². The van der Waals surface area contributed by atoms with Gasteiger partial charge in [-0.25, -0.2) is 4.39 Å². The summed E-state index contributed by atoms with van der Waals surface area (Å²) in [7, 11) is 0. The maximum Gasteiger partial charge on any atom is 0.277 e. The van der Waals surface area contributed by atoms with Crippen molar-refractivity contribution in [2.45, 2.75) is 50.5 Å². The van der Waals surface area contributed by atoms with E-state index < -0.39 is 11.1 Å². The first-order valence-corrected chi connectivity index (χ1v) is 8.12. The molecule has 0 aliphatic carbocycles. The van der Waals surface area contributed by atoms with Crippen molar-refractivity contribution in [1.82, 2.24) is 10.2 Å². The Kier molecular flexibility index (Phi) is 5.09. The molecule has 0 bridgehead atoms. The summed E-state index contributed by atoms with van der Waals surface area (Å²) < 4.78 is 18.8. The molecular formula is C16H20FN3O2S. The Morgan fingerprint density at radius 3 is 2.65 bits per heavy atom. The number of nitrogens with one attached hydrogen (secondary N) is 1. The lowest BCUT2D eigenvalue weighted by atomic mass is 9.97. The highest BCUT2D eigenvalue weighted by Crippen LogP contribution is 2.28. The minimum absolute atomic E-state index is 0.240. The largest absolute Gasteiger partial charge is 0.415 e. The zero-order chi connectivity index (χ0) is 17.2. The highest BCUT2D eigenvalue weighted by atomic mass is 32.2. The van der Waals surface area contributed by atoms with Crippen LogP contribution >= 0.6 is 11.8 Å². The van der Waals surface area contributed by atoms with Gasteiger partial charge in [0, 0.05) is 11.1 Å². The molecule has 0 fully saturated rings. The third kappa shape index (κ3) is 4.54. The standard InChI is InChI=1S/C16H20FN3O2S/c1-9-6-7-11(17)8-12(9)18-13(21)10(2)23-15-20-19-14(22-15)16(3,4)5/h6-8,10H,1-5H3,(H,18,21). The molecule has 2 aromatic rings. The molecule has 124 valence electrons. The van der Waals surface area contributed by atoms with Crippen molar-refractivity contribution in [3.05, 3.63) is 35.5 Å². The smallest absolute Gasteiger partial charge is 0.277 e. The topological polar surface area (TPSA) is 68.0 Å². The summed E-state index contributed by atoms with van der Waals surface area (Å²) in [5.74, 6) is -0.120. The molecule has 1 unspecified atom stereocenters. The summed E-state index contributed by atoms with van der Waals surface area (Å²) in [6.45, 7) is 9.45. The van der Waals surface area contributed by atoms with Gasteiger partial charge >= 0.3 is 0 Å². The zero-order valence-corrected chi connectivity index (χ0v) is 14.6. The molecule has 2 rings (SSSR count). The molecule has 1 heterocycles. The van der Waals surface area contributed by atoms with Crippen LogP contribution in [0.5, 0.6) is 0 Å². The van der Waals surface area contributed by atoms with E-state index in [1.165, 1.54) is 23.9 Å². The lowest BCUT2D eigenvalue weighted by Crippen LogP contribution is -2.23. The van der Waals surface area contributed by atoms with Gasteiger partial charge < -0.3 is 9.73 Å². The molecule has 1 N–H and O–H groups in total. The van der Waals surface area contributed by atoms with Crippen LogP contribution in [0.4, 0.5) is 10.1 Å². The second-order valence-electron chi connectivity index (χ2n) is 6.33. The first kappa shape index (κ1) is 17.5. The van der Waals surface area contributed by atoms with E-state index in [4.69, 9.17) is 4.42 Å². The predicted molar refractivity (Wildman–Crippen MR) is 88.1 cm³/mol. The molecule has 0 radical (unpaired) electrons. The van der Waals surface area contributed by atoms with Crippen LogP contribution in [-0.4, -0.2) is 21.4 Å². The lowest BCUT2D eigenvalue weighted by Gasteiger charge is -2.12. The van der Waals surface area contributed by atoms with Crippen molar-refractivity contribution in [2.24, 2.45) is 0 Å². The number of aromatic nitrogens is 2. The van der Waals surface area contributed by atoms with Crippen LogP contribution in [0.15, 0.2) is 27.8 Å². The van der Waals surface area contributed by atoms with Crippen molar-refractivity contribution in [3.8, 4) is 0 Å². The molecule has 7 heteroatoms. The third-order valence-electron chi connectivity index (χ3n) is 3.15. The van der Waals surface area contributed by atoms with Crippen molar-refractivity contribution in [2.75, 3.05) is 5.32 Å². The van der Waals surface area contributed by atoms with Gasteiger partial charge in [0.1, 0.15) is 5.82 Å². The van der Waals surface area contributed by atoms with Crippen LogP contribution < -0.4 is 5.32 Å². The zero-order valence-electron chi connectivity index (χ0n) is 13.8. The van der Waals surface area contributed by atoms with E-state index in [0.29, 0.717) is 16.8 Å². The summed E-state index contributed by atoms with van der Waals surface area (Å²) in [5, 5.41) is 10.5. The summed E-state index contributed by atoms with van der Waals surface area (Å²) in [6, 6.07) is 4.28. The molecule has 1 aromatic heterocycles. The van der Waals surface area contributed by atoms with Gasteiger partial charge in [0.15, 0.2) is 0 Å². The molecule has 0 saturated carbocycles. The number of anilines is 1. The van der Waals surface area contributed by atoms with Crippen LogP contribution in [0.2, 0.25) is 0 Å². The minimum atomic E-state index is -0.453. The van der Waals surface area contributed by atoms with Gasteiger partial charge in [-0.15, -0.1) is 10.2 Å². The number of carbonyl (C=O) groups is 1. The SMILES string of the molecule is Cc1ccc(F)cc1NC(=O)C(C)Sc1nnc(C(C)(C)C)o1. The Balaban J connectivity index is 2.03. The molecule has 1 atom stereocenters. The number of halogens is 1. The van der Waals surface area contributed by atoms with Gasteiger partial charge in [0.05, 0.1) is 5.25 Å². The quantitative estimate of drug-likeness (QED) is 0.856. The van der Waals surface area contributed by atoms with Crippen molar-refractivity contribution in [3.63, 3.8) is 0 Å². The molecule has 1 aromatic carbocycles. The highest BCUT2D eigenvalue weighted by Gasteiger charge is 2.24. The van der Waals surface area contributed by atoms with E-state index >= 15 is 0 Å². The predicted octanol–water partition coefficient (Wildman–Crippen LogP) is 3.93. The molecule has 0 aliphatic rings.